The lowest BCUT2D eigenvalue weighted by molar-refractivity contribution is -0.157. The fraction of sp³-hybridized carbons (Fsp3) is 0.294. The van der Waals surface area contributed by atoms with Gasteiger partial charge in [0, 0.05) is 11.8 Å². The van der Waals surface area contributed by atoms with Crippen LogP contribution in [0.5, 0.6) is 0 Å². The summed E-state index contributed by atoms with van der Waals surface area (Å²) in [4.78, 5) is 0. The van der Waals surface area contributed by atoms with Crippen molar-refractivity contribution in [1.82, 2.24) is 0 Å². The van der Waals surface area contributed by atoms with Crippen LogP contribution in [-0.4, -0.2) is 16.0 Å². The molecule has 100 valence electrons. The summed E-state index contributed by atoms with van der Waals surface area (Å²) >= 11 is 0. The first-order valence-electron chi connectivity index (χ1n) is 6.48. The zero-order valence-corrected chi connectivity index (χ0v) is 11.4. The van der Waals surface area contributed by atoms with E-state index in [0.717, 1.165) is 11.1 Å². The fourth-order valence-electron chi connectivity index (χ4n) is 2.65. The van der Waals surface area contributed by atoms with E-state index in [1.54, 1.807) is 0 Å². The Labute approximate surface area is 114 Å². The molecule has 2 rings (SSSR count). The summed E-state index contributed by atoms with van der Waals surface area (Å²) in [6.45, 7) is 3.47. The fourth-order valence-corrected chi connectivity index (χ4v) is 2.65. The van der Waals surface area contributed by atoms with Crippen molar-refractivity contribution in [2.75, 3.05) is 0 Å². The van der Waals surface area contributed by atoms with Gasteiger partial charge in [0.1, 0.15) is 0 Å². The van der Waals surface area contributed by atoms with Gasteiger partial charge in [-0.15, -0.1) is 0 Å². The summed E-state index contributed by atoms with van der Waals surface area (Å²) in [5, 5.41) is 19.7. The van der Waals surface area contributed by atoms with Crippen molar-refractivity contribution in [3.05, 3.63) is 71.8 Å². The lowest BCUT2D eigenvalue weighted by Crippen LogP contribution is -2.36. The number of benzene rings is 2. The van der Waals surface area contributed by atoms with Crippen molar-refractivity contribution in [2.45, 2.75) is 31.5 Å². The summed E-state index contributed by atoms with van der Waals surface area (Å²) in [6, 6.07) is 19.9. The molecule has 2 aromatic carbocycles. The largest absolute Gasteiger partial charge is 0.366 e. The van der Waals surface area contributed by atoms with Gasteiger partial charge >= 0.3 is 0 Å². The molecule has 0 spiro atoms. The van der Waals surface area contributed by atoms with Gasteiger partial charge in [-0.3, -0.25) is 0 Å². The van der Waals surface area contributed by atoms with Gasteiger partial charge in [0.2, 0.25) is 0 Å². The second kappa shape index (κ2) is 5.16. The summed E-state index contributed by atoms with van der Waals surface area (Å²) in [7, 11) is 0. The molecular formula is C17H20O2. The molecule has 0 unspecified atom stereocenters. The monoisotopic (exact) mass is 256 g/mol. The lowest BCUT2D eigenvalue weighted by Gasteiger charge is -2.35. The average molecular weight is 256 g/mol. The maximum Gasteiger partial charge on any atom is 0.160 e. The SMILES string of the molecule is CC(O)(O)CC(C)(c1ccccc1)c1ccccc1. The van der Waals surface area contributed by atoms with Gasteiger partial charge in [-0.05, 0) is 18.1 Å². The molecule has 0 fully saturated rings. The molecule has 2 N–H and O–H groups in total. The molecule has 0 aliphatic heterocycles. The molecular weight excluding hydrogens is 236 g/mol. The van der Waals surface area contributed by atoms with Gasteiger partial charge in [-0.1, -0.05) is 67.6 Å². The zero-order chi connectivity index (χ0) is 13.9. The maximum absolute atomic E-state index is 9.83. The average Bonchev–Trinajstić information content (AvgIpc) is 2.39. The second-order valence-electron chi connectivity index (χ2n) is 5.46. The number of aliphatic hydroxyl groups is 2. The molecule has 0 aromatic heterocycles. The van der Waals surface area contributed by atoms with Crippen molar-refractivity contribution in [3.8, 4) is 0 Å². The highest BCUT2D eigenvalue weighted by molar-refractivity contribution is 5.38. The molecule has 0 radical (unpaired) electrons. The molecule has 0 heterocycles. The minimum atomic E-state index is -1.71. The van der Waals surface area contributed by atoms with E-state index in [1.165, 1.54) is 6.92 Å². The highest BCUT2D eigenvalue weighted by atomic mass is 16.5. The van der Waals surface area contributed by atoms with Crippen LogP contribution in [0, 0.1) is 0 Å². The van der Waals surface area contributed by atoms with E-state index in [2.05, 4.69) is 0 Å². The van der Waals surface area contributed by atoms with E-state index in [0.29, 0.717) is 0 Å². The standard InChI is InChI=1S/C17H20O2/c1-16(13-17(2,18)19,14-9-5-3-6-10-14)15-11-7-4-8-12-15/h3-12,18-19H,13H2,1-2H3. The van der Waals surface area contributed by atoms with Gasteiger partial charge < -0.3 is 10.2 Å². The number of hydrogen-bond acceptors (Lipinski definition) is 2. The minimum absolute atomic E-state index is 0.244. The highest BCUT2D eigenvalue weighted by Crippen LogP contribution is 2.38. The second-order valence-corrected chi connectivity index (χ2v) is 5.46. The normalized spacial score (nSPS) is 12.4. The Balaban J connectivity index is 2.51. The molecule has 0 amide bonds. The van der Waals surface area contributed by atoms with E-state index >= 15 is 0 Å². The van der Waals surface area contributed by atoms with Crippen molar-refractivity contribution >= 4 is 0 Å². The van der Waals surface area contributed by atoms with Crippen molar-refractivity contribution in [1.29, 1.82) is 0 Å². The van der Waals surface area contributed by atoms with E-state index in [4.69, 9.17) is 0 Å². The Kier molecular flexibility index (Phi) is 3.74. The van der Waals surface area contributed by atoms with Crippen molar-refractivity contribution in [2.24, 2.45) is 0 Å². The van der Waals surface area contributed by atoms with Gasteiger partial charge in [-0.25, -0.2) is 0 Å². The van der Waals surface area contributed by atoms with E-state index in [1.807, 2.05) is 67.6 Å². The molecule has 2 heteroatoms. The van der Waals surface area contributed by atoms with Gasteiger partial charge in [-0.2, -0.15) is 0 Å². The van der Waals surface area contributed by atoms with Crippen molar-refractivity contribution in [3.63, 3.8) is 0 Å². The van der Waals surface area contributed by atoms with Crippen LogP contribution in [-0.2, 0) is 5.41 Å². The summed E-state index contributed by atoms with van der Waals surface area (Å²) in [5.74, 6) is -1.71. The highest BCUT2D eigenvalue weighted by Gasteiger charge is 2.35. The molecule has 0 aliphatic rings. The predicted octanol–water partition coefficient (Wildman–Crippen LogP) is 3.08. The molecule has 2 aromatic rings. The summed E-state index contributed by atoms with van der Waals surface area (Å²) in [5.41, 5.74) is 1.73. The van der Waals surface area contributed by atoms with Crippen LogP contribution in [0.15, 0.2) is 60.7 Å². The number of rotatable bonds is 4. The molecule has 0 aliphatic carbocycles. The minimum Gasteiger partial charge on any atom is -0.366 e. The van der Waals surface area contributed by atoms with Gasteiger partial charge in [0.15, 0.2) is 5.79 Å². The quantitative estimate of drug-likeness (QED) is 0.825. The molecule has 2 nitrogen and oxygen atoms in total. The summed E-state index contributed by atoms with van der Waals surface area (Å²) < 4.78 is 0. The lowest BCUT2D eigenvalue weighted by atomic mass is 9.72. The molecule has 0 atom stereocenters. The van der Waals surface area contributed by atoms with Crippen LogP contribution < -0.4 is 0 Å². The third-order valence-corrected chi connectivity index (χ3v) is 3.51. The van der Waals surface area contributed by atoms with Crippen LogP contribution in [0.1, 0.15) is 31.4 Å². The van der Waals surface area contributed by atoms with Gasteiger partial charge in [0.05, 0.1) is 0 Å². The van der Waals surface area contributed by atoms with E-state index in [-0.39, 0.29) is 6.42 Å². The first-order chi connectivity index (χ1) is 8.92. The maximum atomic E-state index is 9.83. The van der Waals surface area contributed by atoms with Crippen LogP contribution in [0.4, 0.5) is 0 Å². The first-order valence-corrected chi connectivity index (χ1v) is 6.48. The Morgan fingerprint density at radius 2 is 1.11 bits per heavy atom. The smallest absolute Gasteiger partial charge is 0.160 e. The van der Waals surface area contributed by atoms with Crippen LogP contribution in [0.2, 0.25) is 0 Å². The zero-order valence-electron chi connectivity index (χ0n) is 11.4. The Hall–Kier alpha value is -1.64. The van der Waals surface area contributed by atoms with Gasteiger partial charge in [0.25, 0.3) is 0 Å². The van der Waals surface area contributed by atoms with Crippen LogP contribution in [0.25, 0.3) is 0 Å². The third-order valence-electron chi connectivity index (χ3n) is 3.51. The Bertz CT molecular complexity index is 472. The molecule has 0 bridgehead atoms. The van der Waals surface area contributed by atoms with Crippen LogP contribution >= 0.6 is 0 Å². The van der Waals surface area contributed by atoms with Crippen LogP contribution in [0.3, 0.4) is 0 Å². The topological polar surface area (TPSA) is 40.5 Å². The number of hydrogen-bond donors (Lipinski definition) is 2. The molecule has 19 heavy (non-hydrogen) atoms. The molecule has 0 saturated carbocycles. The Morgan fingerprint density at radius 3 is 1.42 bits per heavy atom. The third kappa shape index (κ3) is 3.22. The summed E-state index contributed by atoms with van der Waals surface area (Å²) in [6.07, 6.45) is 0.244. The van der Waals surface area contributed by atoms with E-state index < -0.39 is 11.2 Å². The molecule has 0 saturated heterocycles. The van der Waals surface area contributed by atoms with E-state index in [9.17, 15) is 10.2 Å². The van der Waals surface area contributed by atoms with Crippen molar-refractivity contribution < 1.29 is 10.2 Å². The predicted molar refractivity (Wildman–Crippen MR) is 76.8 cm³/mol. The Morgan fingerprint density at radius 1 is 0.737 bits per heavy atom. The first kappa shape index (κ1) is 13.8.